The van der Waals surface area contributed by atoms with Crippen LogP contribution in [0.2, 0.25) is 0 Å². The predicted molar refractivity (Wildman–Crippen MR) is 75.3 cm³/mol. The van der Waals surface area contributed by atoms with Gasteiger partial charge in [0.25, 0.3) is 0 Å². The summed E-state index contributed by atoms with van der Waals surface area (Å²) >= 11 is 0. The summed E-state index contributed by atoms with van der Waals surface area (Å²) in [5.41, 5.74) is 1.75. The maximum absolute atomic E-state index is 11.6. The Morgan fingerprint density at radius 2 is 1.79 bits per heavy atom. The van der Waals surface area contributed by atoms with Gasteiger partial charge in [-0.3, -0.25) is 0 Å². The van der Waals surface area contributed by atoms with E-state index >= 15 is 0 Å². The van der Waals surface area contributed by atoms with Crippen LogP contribution in [0.25, 0.3) is 0 Å². The van der Waals surface area contributed by atoms with Gasteiger partial charge < -0.3 is 10.1 Å². The van der Waals surface area contributed by atoms with Crippen molar-refractivity contribution in [1.29, 1.82) is 0 Å². The highest BCUT2D eigenvalue weighted by Gasteiger charge is 2.41. The van der Waals surface area contributed by atoms with Crippen LogP contribution in [0.1, 0.15) is 43.0 Å². The van der Waals surface area contributed by atoms with Crippen molar-refractivity contribution in [3.8, 4) is 0 Å². The molecule has 1 aromatic carbocycles. The molecule has 1 aromatic rings. The monoisotopic (exact) mass is 259 g/mol. The molecular formula is C16H21NO2. The Morgan fingerprint density at radius 3 is 2.26 bits per heavy atom. The molecule has 2 fully saturated rings. The summed E-state index contributed by atoms with van der Waals surface area (Å²) in [7, 11) is 0. The average molecular weight is 259 g/mol. The van der Waals surface area contributed by atoms with E-state index in [9.17, 15) is 4.79 Å². The van der Waals surface area contributed by atoms with Crippen LogP contribution in [0.15, 0.2) is 24.3 Å². The van der Waals surface area contributed by atoms with E-state index in [0.717, 1.165) is 17.5 Å². The highest BCUT2D eigenvalue weighted by atomic mass is 16.5. The van der Waals surface area contributed by atoms with E-state index in [1.165, 1.54) is 25.7 Å². The first kappa shape index (κ1) is 12.5. The molecule has 0 radical (unpaired) electrons. The normalized spacial score (nSPS) is 18.4. The fraction of sp³-hybridized carbons (Fsp3) is 0.562. The molecule has 0 atom stereocenters. The molecule has 102 valence electrons. The summed E-state index contributed by atoms with van der Waals surface area (Å²) in [5.74, 6) is 1.50. The molecule has 2 saturated carbocycles. The topological polar surface area (TPSA) is 38.3 Å². The molecule has 2 aliphatic rings. The third-order valence-corrected chi connectivity index (χ3v) is 3.99. The Bertz CT molecular complexity index is 434. The molecule has 0 bridgehead atoms. The van der Waals surface area contributed by atoms with Crippen molar-refractivity contribution in [1.82, 2.24) is 0 Å². The van der Waals surface area contributed by atoms with Crippen molar-refractivity contribution in [2.24, 2.45) is 11.8 Å². The van der Waals surface area contributed by atoms with E-state index in [2.05, 4.69) is 5.32 Å². The van der Waals surface area contributed by atoms with E-state index in [1.807, 2.05) is 31.2 Å². The first-order valence-electron chi connectivity index (χ1n) is 7.31. The second kappa shape index (κ2) is 5.24. The number of benzene rings is 1. The van der Waals surface area contributed by atoms with Crippen molar-refractivity contribution in [3.05, 3.63) is 29.8 Å². The molecular weight excluding hydrogens is 238 g/mol. The first-order valence-corrected chi connectivity index (χ1v) is 7.31. The number of carbonyl (C=O) groups excluding carboxylic acids is 1. The summed E-state index contributed by atoms with van der Waals surface area (Å²) in [6.45, 7) is 2.24. The average Bonchev–Trinajstić information content (AvgIpc) is 3.30. The molecule has 2 aliphatic carbocycles. The summed E-state index contributed by atoms with van der Waals surface area (Å²) < 4.78 is 4.99. The van der Waals surface area contributed by atoms with Crippen LogP contribution in [0.5, 0.6) is 0 Å². The van der Waals surface area contributed by atoms with Crippen LogP contribution in [-0.4, -0.2) is 18.6 Å². The summed E-state index contributed by atoms with van der Waals surface area (Å²) in [4.78, 5) is 11.6. The van der Waals surface area contributed by atoms with E-state index < -0.39 is 0 Å². The van der Waals surface area contributed by atoms with Crippen LogP contribution in [0.3, 0.4) is 0 Å². The van der Waals surface area contributed by atoms with Crippen LogP contribution < -0.4 is 5.32 Å². The highest BCUT2D eigenvalue weighted by molar-refractivity contribution is 5.89. The number of esters is 1. The molecule has 0 aromatic heterocycles. The molecule has 1 N–H and O–H groups in total. The van der Waals surface area contributed by atoms with Gasteiger partial charge in [0.1, 0.15) is 0 Å². The van der Waals surface area contributed by atoms with Gasteiger partial charge in [-0.15, -0.1) is 0 Å². The van der Waals surface area contributed by atoms with E-state index in [4.69, 9.17) is 4.74 Å². The summed E-state index contributed by atoms with van der Waals surface area (Å²) in [6, 6.07) is 8.32. The van der Waals surface area contributed by atoms with Crippen molar-refractivity contribution >= 4 is 11.7 Å². The van der Waals surface area contributed by atoms with Gasteiger partial charge in [-0.2, -0.15) is 0 Å². The van der Waals surface area contributed by atoms with Crippen molar-refractivity contribution in [2.45, 2.75) is 38.6 Å². The Hall–Kier alpha value is -1.51. The fourth-order valence-corrected chi connectivity index (χ4v) is 2.64. The smallest absolute Gasteiger partial charge is 0.338 e. The number of carbonyl (C=O) groups is 1. The molecule has 19 heavy (non-hydrogen) atoms. The van der Waals surface area contributed by atoms with Gasteiger partial charge in [-0.05, 0) is 68.7 Å². The van der Waals surface area contributed by atoms with Crippen LogP contribution in [0, 0.1) is 11.8 Å². The molecule has 0 unspecified atom stereocenters. The maximum atomic E-state index is 11.6. The van der Waals surface area contributed by atoms with E-state index in [-0.39, 0.29) is 5.97 Å². The molecule has 0 heterocycles. The maximum Gasteiger partial charge on any atom is 0.338 e. The Kier molecular flexibility index (Phi) is 3.45. The third-order valence-electron chi connectivity index (χ3n) is 3.99. The number of nitrogens with one attached hydrogen (secondary N) is 1. The van der Waals surface area contributed by atoms with Gasteiger partial charge >= 0.3 is 5.97 Å². The lowest BCUT2D eigenvalue weighted by Crippen LogP contribution is -2.24. The highest BCUT2D eigenvalue weighted by Crippen LogP contribution is 2.45. The van der Waals surface area contributed by atoms with Gasteiger partial charge in [0.2, 0.25) is 0 Å². The quantitative estimate of drug-likeness (QED) is 0.795. The summed E-state index contributed by atoms with van der Waals surface area (Å²) in [6.07, 6.45) is 5.48. The number of hydrogen-bond acceptors (Lipinski definition) is 3. The lowest BCUT2D eigenvalue weighted by molar-refractivity contribution is 0.0526. The molecule has 3 nitrogen and oxygen atoms in total. The van der Waals surface area contributed by atoms with Gasteiger partial charge in [-0.1, -0.05) is 0 Å². The number of hydrogen-bond donors (Lipinski definition) is 1. The van der Waals surface area contributed by atoms with Crippen molar-refractivity contribution in [2.75, 3.05) is 11.9 Å². The van der Waals surface area contributed by atoms with E-state index in [1.54, 1.807) is 0 Å². The first-order chi connectivity index (χ1) is 9.28. The minimum absolute atomic E-state index is 0.241. The zero-order chi connectivity index (χ0) is 13.2. The Balaban J connectivity index is 1.63. The molecule has 0 saturated heterocycles. The second-order valence-corrected chi connectivity index (χ2v) is 5.64. The van der Waals surface area contributed by atoms with Gasteiger partial charge in [0.15, 0.2) is 0 Å². The minimum Gasteiger partial charge on any atom is -0.462 e. The Labute approximate surface area is 114 Å². The lowest BCUT2D eigenvalue weighted by Gasteiger charge is -2.19. The third kappa shape index (κ3) is 3.09. The standard InChI is InChI=1S/C16H21NO2/c1-2-19-16(18)13-7-9-14(10-8-13)17-15(11-3-4-11)12-5-6-12/h7-12,15,17H,2-6H2,1H3. The lowest BCUT2D eigenvalue weighted by atomic mass is 10.1. The number of rotatable bonds is 6. The van der Waals surface area contributed by atoms with Gasteiger partial charge in [-0.25, -0.2) is 4.79 Å². The van der Waals surface area contributed by atoms with Gasteiger partial charge in [0.05, 0.1) is 12.2 Å². The number of ether oxygens (including phenoxy) is 1. The molecule has 0 aliphatic heterocycles. The molecule has 0 spiro atoms. The fourth-order valence-electron chi connectivity index (χ4n) is 2.64. The number of anilines is 1. The SMILES string of the molecule is CCOC(=O)c1ccc(NC(C2CC2)C2CC2)cc1. The van der Waals surface area contributed by atoms with Crippen LogP contribution >= 0.6 is 0 Å². The molecule has 3 heteroatoms. The Morgan fingerprint density at radius 1 is 1.21 bits per heavy atom. The van der Waals surface area contributed by atoms with Crippen LogP contribution in [0.4, 0.5) is 5.69 Å². The zero-order valence-corrected chi connectivity index (χ0v) is 11.4. The van der Waals surface area contributed by atoms with Crippen LogP contribution in [-0.2, 0) is 4.74 Å². The molecule has 0 amide bonds. The van der Waals surface area contributed by atoms with Gasteiger partial charge in [0, 0.05) is 11.7 Å². The minimum atomic E-state index is -0.241. The van der Waals surface area contributed by atoms with Crippen molar-refractivity contribution in [3.63, 3.8) is 0 Å². The van der Waals surface area contributed by atoms with E-state index in [0.29, 0.717) is 18.2 Å². The second-order valence-electron chi connectivity index (χ2n) is 5.64. The predicted octanol–water partition coefficient (Wildman–Crippen LogP) is 3.46. The van der Waals surface area contributed by atoms with Crippen molar-refractivity contribution < 1.29 is 9.53 Å². The zero-order valence-electron chi connectivity index (χ0n) is 11.4. The molecule has 3 rings (SSSR count). The largest absolute Gasteiger partial charge is 0.462 e. The summed E-state index contributed by atoms with van der Waals surface area (Å²) in [5, 5.41) is 3.65.